The van der Waals surface area contributed by atoms with Gasteiger partial charge in [0.1, 0.15) is 11.7 Å². The van der Waals surface area contributed by atoms with Gasteiger partial charge in [-0.3, -0.25) is 19.3 Å². The number of ketones is 2. The molecule has 1 fully saturated rings. The minimum atomic E-state index is -1.08. The molecule has 0 aromatic carbocycles. The molecule has 2 atom stereocenters. The van der Waals surface area contributed by atoms with Crippen LogP contribution in [-0.4, -0.2) is 33.7 Å². The number of aromatic nitrogens is 2. The number of hydrogen-bond donors (Lipinski definition) is 0. The second-order valence-corrected chi connectivity index (χ2v) is 4.88. The van der Waals surface area contributed by atoms with E-state index in [0.717, 1.165) is 0 Å². The Morgan fingerprint density at radius 3 is 2.48 bits per heavy atom. The fourth-order valence-corrected chi connectivity index (χ4v) is 2.35. The lowest BCUT2D eigenvalue weighted by molar-refractivity contribution is -0.138. The Balaban J connectivity index is 2.55. The van der Waals surface area contributed by atoms with Crippen molar-refractivity contribution >= 4 is 23.3 Å². The normalized spacial score (nSPS) is 21.5. The first-order valence-corrected chi connectivity index (χ1v) is 6.38. The van der Waals surface area contributed by atoms with Gasteiger partial charge in [0.2, 0.25) is 5.78 Å². The minimum absolute atomic E-state index is 0.218. The Hall–Kier alpha value is -2.63. The number of aryl methyl sites for hydroxylation is 1. The number of Topliss-reactive ketones (excluding diaryl/α,β-unsaturated/α-hetero) is 2. The van der Waals surface area contributed by atoms with Crippen LogP contribution in [0.25, 0.3) is 0 Å². The topological polar surface area (TPSA) is 80.2 Å². The van der Waals surface area contributed by atoms with Crippen LogP contribution in [0.4, 0.5) is 5.82 Å². The molecule has 1 saturated heterocycles. The summed E-state index contributed by atoms with van der Waals surface area (Å²) in [6, 6.07) is 2.46. The van der Waals surface area contributed by atoms with Crippen molar-refractivity contribution in [1.82, 2.24) is 10.2 Å². The Bertz CT molecular complexity index is 649. The van der Waals surface area contributed by atoms with Crippen molar-refractivity contribution in [3.05, 3.63) is 42.6 Å². The summed E-state index contributed by atoms with van der Waals surface area (Å²) < 4.78 is 0. The summed E-state index contributed by atoms with van der Waals surface area (Å²) in [5.41, 5.74) is 1.09. The van der Waals surface area contributed by atoms with E-state index in [1.54, 1.807) is 19.1 Å². The number of amides is 1. The fourth-order valence-electron chi connectivity index (χ4n) is 2.35. The van der Waals surface area contributed by atoms with Gasteiger partial charge in [-0.2, -0.15) is 5.10 Å². The van der Waals surface area contributed by atoms with Crippen LogP contribution in [-0.2, 0) is 14.4 Å². The predicted octanol–water partition coefficient (Wildman–Crippen LogP) is 1.02. The zero-order chi connectivity index (χ0) is 15.7. The van der Waals surface area contributed by atoms with Gasteiger partial charge >= 0.3 is 0 Å². The van der Waals surface area contributed by atoms with Crippen molar-refractivity contribution in [2.45, 2.75) is 19.9 Å². The second-order valence-electron chi connectivity index (χ2n) is 4.88. The molecule has 2 unspecified atom stereocenters. The molecule has 1 aromatic rings. The maximum Gasteiger partial charge on any atom is 0.297 e. The lowest BCUT2D eigenvalue weighted by Crippen LogP contribution is -2.38. The Kier molecular flexibility index (Phi) is 3.80. The molecular weight excluding hydrogens is 270 g/mol. The molecule has 0 saturated carbocycles. The van der Waals surface area contributed by atoms with E-state index in [-0.39, 0.29) is 11.6 Å². The van der Waals surface area contributed by atoms with E-state index in [0.29, 0.717) is 11.3 Å². The molecule has 1 aromatic heterocycles. The first-order chi connectivity index (χ1) is 9.88. The van der Waals surface area contributed by atoms with E-state index >= 15 is 0 Å². The van der Waals surface area contributed by atoms with Gasteiger partial charge < -0.3 is 0 Å². The Morgan fingerprint density at radius 1 is 1.33 bits per heavy atom. The number of hydrogen-bond acceptors (Lipinski definition) is 5. The van der Waals surface area contributed by atoms with E-state index in [2.05, 4.69) is 23.4 Å². The third-order valence-electron chi connectivity index (χ3n) is 3.42. The van der Waals surface area contributed by atoms with E-state index in [4.69, 9.17) is 0 Å². The summed E-state index contributed by atoms with van der Waals surface area (Å²) in [6.45, 7) is 10.4. The molecule has 0 bridgehead atoms. The Morgan fingerprint density at radius 2 is 2.00 bits per heavy atom. The highest BCUT2D eigenvalue weighted by Gasteiger charge is 2.51. The highest BCUT2D eigenvalue weighted by Crippen LogP contribution is 2.32. The average molecular weight is 285 g/mol. The van der Waals surface area contributed by atoms with Crippen molar-refractivity contribution in [3.8, 4) is 0 Å². The van der Waals surface area contributed by atoms with Gasteiger partial charge in [0, 0.05) is 0 Å². The molecule has 21 heavy (non-hydrogen) atoms. The Labute approximate surface area is 122 Å². The van der Waals surface area contributed by atoms with Gasteiger partial charge in [-0.15, -0.1) is 5.10 Å². The van der Waals surface area contributed by atoms with Crippen LogP contribution in [0.15, 0.2) is 36.9 Å². The number of carbonyl (C=O) groups is 3. The second kappa shape index (κ2) is 5.40. The molecule has 1 aliphatic heterocycles. The van der Waals surface area contributed by atoms with Crippen molar-refractivity contribution in [3.63, 3.8) is 0 Å². The van der Waals surface area contributed by atoms with Gasteiger partial charge in [0.05, 0.1) is 11.7 Å². The summed E-state index contributed by atoms with van der Waals surface area (Å²) in [4.78, 5) is 37.2. The molecule has 6 nitrogen and oxygen atoms in total. The van der Waals surface area contributed by atoms with Crippen molar-refractivity contribution in [1.29, 1.82) is 0 Å². The van der Waals surface area contributed by atoms with Crippen LogP contribution in [0.1, 0.15) is 12.6 Å². The molecule has 1 amide bonds. The van der Waals surface area contributed by atoms with Crippen LogP contribution in [0.5, 0.6) is 0 Å². The smallest absolute Gasteiger partial charge is 0.297 e. The largest absolute Gasteiger partial charge is 0.299 e. The zero-order valence-corrected chi connectivity index (χ0v) is 11.9. The van der Waals surface area contributed by atoms with Gasteiger partial charge in [-0.25, -0.2) is 0 Å². The minimum Gasteiger partial charge on any atom is -0.299 e. The first-order valence-electron chi connectivity index (χ1n) is 6.38. The maximum atomic E-state index is 12.2. The molecule has 2 heterocycles. The van der Waals surface area contributed by atoms with Gasteiger partial charge in [0.15, 0.2) is 5.82 Å². The number of anilines is 1. The SMILES string of the molecule is C=CC(=C)C1C(C(C)=O)C(=O)C(=O)N1c1ccc(C)nn1. The molecule has 6 heteroatoms. The quantitative estimate of drug-likeness (QED) is 0.468. The lowest BCUT2D eigenvalue weighted by atomic mass is 9.90. The first kappa shape index (κ1) is 14.8. The van der Waals surface area contributed by atoms with E-state index in [1.807, 2.05) is 0 Å². The van der Waals surface area contributed by atoms with Gasteiger partial charge in [-0.1, -0.05) is 19.2 Å². The van der Waals surface area contributed by atoms with Crippen molar-refractivity contribution < 1.29 is 14.4 Å². The maximum absolute atomic E-state index is 12.2. The number of rotatable bonds is 4. The molecule has 0 N–H and O–H groups in total. The predicted molar refractivity (Wildman–Crippen MR) is 76.6 cm³/mol. The van der Waals surface area contributed by atoms with Crippen molar-refractivity contribution in [2.24, 2.45) is 5.92 Å². The van der Waals surface area contributed by atoms with E-state index in [9.17, 15) is 14.4 Å². The standard InChI is InChI=1S/C15H15N3O3/c1-5-8(2)13-12(10(4)19)14(20)15(21)18(13)11-7-6-9(3)16-17-11/h5-7,12-13H,1-2H2,3-4H3. The zero-order valence-electron chi connectivity index (χ0n) is 11.9. The van der Waals surface area contributed by atoms with Crippen LogP contribution in [0.2, 0.25) is 0 Å². The molecule has 1 aliphatic rings. The third kappa shape index (κ3) is 2.40. The van der Waals surface area contributed by atoms with Crippen LogP contribution in [0.3, 0.4) is 0 Å². The summed E-state index contributed by atoms with van der Waals surface area (Å²) in [7, 11) is 0. The van der Waals surface area contributed by atoms with Crippen molar-refractivity contribution in [2.75, 3.05) is 4.90 Å². The molecule has 108 valence electrons. The van der Waals surface area contributed by atoms with E-state index in [1.165, 1.54) is 17.9 Å². The van der Waals surface area contributed by atoms with Gasteiger partial charge in [0.25, 0.3) is 5.91 Å². The van der Waals surface area contributed by atoms with Crippen LogP contribution >= 0.6 is 0 Å². The van der Waals surface area contributed by atoms with Gasteiger partial charge in [-0.05, 0) is 31.6 Å². The molecular formula is C15H15N3O3. The number of carbonyl (C=O) groups excluding carboxylic acids is 3. The summed E-state index contributed by atoms with van der Waals surface area (Å²) in [5.74, 6) is -2.77. The molecule has 0 radical (unpaired) electrons. The highest BCUT2D eigenvalue weighted by atomic mass is 16.2. The third-order valence-corrected chi connectivity index (χ3v) is 3.42. The molecule has 2 rings (SSSR count). The molecule has 0 spiro atoms. The monoisotopic (exact) mass is 285 g/mol. The number of nitrogens with zero attached hydrogens (tertiary/aromatic N) is 3. The van der Waals surface area contributed by atoms with Crippen LogP contribution in [0, 0.1) is 12.8 Å². The highest BCUT2D eigenvalue weighted by molar-refractivity contribution is 6.48. The summed E-state index contributed by atoms with van der Waals surface area (Å²) >= 11 is 0. The average Bonchev–Trinajstić information content (AvgIpc) is 2.72. The van der Waals surface area contributed by atoms with E-state index < -0.39 is 23.7 Å². The fraction of sp³-hybridized carbons (Fsp3) is 0.267. The van der Waals surface area contributed by atoms with Crippen LogP contribution < -0.4 is 4.90 Å². The lowest BCUT2D eigenvalue weighted by Gasteiger charge is -2.25. The summed E-state index contributed by atoms with van der Waals surface area (Å²) in [6.07, 6.45) is 1.43. The summed E-state index contributed by atoms with van der Waals surface area (Å²) in [5, 5.41) is 7.80. The molecule has 0 aliphatic carbocycles.